The molecule has 0 fully saturated rings. The average Bonchev–Trinajstić information content (AvgIpc) is 3.15. The summed E-state index contributed by atoms with van der Waals surface area (Å²) in [6, 6.07) is 6.47. The summed E-state index contributed by atoms with van der Waals surface area (Å²) < 4.78 is 10.0. The first-order chi connectivity index (χ1) is 15.6. The van der Waals surface area contributed by atoms with Crippen molar-refractivity contribution < 1.29 is 28.6 Å². The van der Waals surface area contributed by atoms with Crippen LogP contribution in [0.4, 0.5) is 11.5 Å². The Morgan fingerprint density at radius 1 is 1.24 bits per heavy atom. The molecule has 0 aliphatic carbocycles. The van der Waals surface area contributed by atoms with Gasteiger partial charge in [-0.25, -0.2) is 0 Å². The zero-order valence-corrected chi connectivity index (χ0v) is 19.5. The van der Waals surface area contributed by atoms with E-state index in [1.165, 1.54) is 18.2 Å². The van der Waals surface area contributed by atoms with Crippen LogP contribution in [-0.2, 0) is 19.1 Å². The molecule has 1 aromatic heterocycles. The highest BCUT2D eigenvalue weighted by Crippen LogP contribution is 2.28. The lowest BCUT2D eigenvalue weighted by Crippen LogP contribution is -2.33. The van der Waals surface area contributed by atoms with Crippen LogP contribution in [0.1, 0.15) is 44.6 Å². The normalized spacial score (nSPS) is 12.6. The van der Waals surface area contributed by atoms with Gasteiger partial charge in [0.2, 0.25) is 11.8 Å². The smallest absolute Gasteiger partial charge is 0.308 e. The third-order valence-corrected chi connectivity index (χ3v) is 5.44. The van der Waals surface area contributed by atoms with Gasteiger partial charge >= 0.3 is 5.97 Å². The van der Waals surface area contributed by atoms with Crippen molar-refractivity contribution in [2.24, 2.45) is 0 Å². The fraction of sp³-hybridized carbons (Fsp3) is 0.429. The number of anilines is 1. The summed E-state index contributed by atoms with van der Waals surface area (Å²) in [4.78, 5) is 47.9. The number of carbonyl (C=O) groups excluding carboxylic acids is 3. The number of rotatable bonds is 11. The summed E-state index contributed by atoms with van der Waals surface area (Å²) in [6.07, 6.45) is -0.649. The van der Waals surface area contributed by atoms with E-state index in [9.17, 15) is 24.5 Å². The van der Waals surface area contributed by atoms with Gasteiger partial charge in [-0.3, -0.25) is 24.5 Å². The SMILES string of the molecule is Cc1cc(NC(=O)C(C)SCC(=O)NC(CC(=O)OC(C)C)c2ccccc2[N+](=O)[O-])no1. The Kier molecular flexibility index (Phi) is 9.40. The van der Waals surface area contributed by atoms with Crippen LogP contribution in [0.25, 0.3) is 0 Å². The fourth-order valence-electron chi connectivity index (χ4n) is 2.83. The standard InChI is InChI=1S/C21H26N4O7S/c1-12(2)31-20(27)10-16(15-7-5-6-8-17(15)25(29)30)22-19(26)11-33-14(4)21(28)23-18-9-13(3)32-24-18/h5-9,12,14,16H,10-11H2,1-4H3,(H,22,26)(H,23,24,28). The number of carbonyl (C=O) groups is 3. The van der Waals surface area contributed by atoms with Crippen LogP contribution in [-0.4, -0.2) is 45.0 Å². The average molecular weight is 479 g/mol. The van der Waals surface area contributed by atoms with E-state index in [2.05, 4.69) is 15.8 Å². The minimum atomic E-state index is -0.965. The molecule has 11 nitrogen and oxygen atoms in total. The molecule has 1 heterocycles. The number of ether oxygens (including phenoxy) is 1. The van der Waals surface area contributed by atoms with E-state index in [0.717, 1.165) is 11.8 Å². The number of nitro groups is 1. The number of hydrogen-bond donors (Lipinski definition) is 2. The van der Waals surface area contributed by atoms with Crippen LogP contribution in [0.5, 0.6) is 0 Å². The van der Waals surface area contributed by atoms with Crippen molar-refractivity contribution in [2.75, 3.05) is 11.1 Å². The highest BCUT2D eigenvalue weighted by atomic mass is 32.2. The number of aryl methyl sites for hydroxylation is 1. The van der Waals surface area contributed by atoms with Gasteiger partial charge in [-0.1, -0.05) is 23.4 Å². The van der Waals surface area contributed by atoms with Gasteiger partial charge in [0.25, 0.3) is 5.69 Å². The maximum atomic E-state index is 12.6. The molecule has 2 N–H and O–H groups in total. The number of esters is 1. The van der Waals surface area contributed by atoms with Gasteiger partial charge in [0, 0.05) is 12.1 Å². The van der Waals surface area contributed by atoms with E-state index in [4.69, 9.17) is 9.26 Å². The molecule has 12 heteroatoms. The number of thioether (sulfide) groups is 1. The van der Waals surface area contributed by atoms with E-state index in [1.807, 2.05) is 0 Å². The number of nitrogens with zero attached hydrogens (tertiary/aromatic N) is 2. The molecule has 178 valence electrons. The second-order valence-corrected chi connectivity index (χ2v) is 8.77. The molecule has 0 aliphatic heterocycles. The molecule has 0 bridgehead atoms. The summed E-state index contributed by atoms with van der Waals surface area (Å²) >= 11 is 1.06. The van der Waals surface area contributed by atoms with Crippen molar-refractivity contribution in [3.63, 3.8) is 0 Å². The van der Waals surface area contributed by atoms with E-state index in [0.29, 0.717) is 5.76 Å². The van der Waals surface area contributed by atoms with Gasteiger partial charge in [-0.15, -0.1) is 11.8 Å². The Morgan fingerprint density at radius 2 is 1.94 bits per heavy atom. The predicted molar refractivity (Wildman–Crippen MR) is 122 cm³/mol. The Balaban J connectivity index is 2.04. The number of nitrogens with one attached hydrogen (secondary N) is 2. The van der Waals surface area contributed by atoms with Crippen LogP contribution < -0.4 is 10.6 Å². The van der Waals surface area contributed by atoms with E-state index in [1.54, 1.807) is 39.8 Å². The molecule has 0 spiro atoms. The van der Waals surface area contributed by atoms with Crippen LogP contribution in [0.15, 0.2) is 34.9 Å². The van der Waals surface area contributed by atoms with Crippen molar-refractivity contribution in [1.82, 2.24) is 10.5 Å². The first kappa shape index (κ1) is 25.8. The quantitative estimate of drug-likeness (QED) is 0.281. The van der Waals surface area contributed by atoms with Crippen molar-refractivity contribution in [1.29, 1.82) is 0 Å². The van der Waals surface area contributed by atoms with Gasteiger partial charge in [0.1, 0.15) is 5.76 Å². The van der Waals surface area contributed by atoms with Crippen LogP contribution >= 0.6 is 11.8 Å². The summed E-state index contributed by atoms with van der Waals surface area (Å²) in [6.45, 7) is 6.68. The lowest BCUT2D eigenvalue weighted by atomic mass is 10.0. The molecule has 2 rings (SSSR count). The van der Waals surface area contributed by atoms with Gasteiger partial charge < -0.3 is 19.9 Å². The first-order valence-electron chi connectivity index (χ1n) is 10.1. The monoisotopic (exact) mass is 478 g/mol. The Hall–Kier alpha value is -3.41. The Morgan fingerprint density at radius 3 is 2.55 bits per heavy atom. The summed E-state index contributed by atoms with van der Waals surface area (Å²) in [7, 11) is 0. The lowest BCUT2D eigenvalue weighted by Gasteiger charge is -2.20. The van der Waals surface area contributed by atoms with Crippen molar-refractivity contribution >= 4 is 41.1 Å². The van der Waals surface area contributed by atoms with E-state index < -0.39 is 28.1 Å². The van der Waals surface area contributed by atoms with Crippen molar-refractivity contribution in [3.05, 3.63) is 51.8 Å². The molecule has 2 atom stereocenters. The number of amides is 2. The molecule has 2 amide bonds. The zero-order valence-electron chi connectivity index (χ0n) is 18.7. The predicted octanol–water partition coefficient (Wildman–Crippen LogP) is 3.15. The highest BCUT2D eigenvalue weighted by Gasteiger charge is 2.27. The molecule has 0 saturated heterocycles. The van der Waals surface area contributed by atoms with Crippen LogP contribution in [0.3, 0.4) is 0 Å². The zero-order chi connectivity index (χ0) is 24.5. The minimum absolute atomic E-state index is 0.108. The van der Waals surface area contributed by atoms with E-state index in [-0.39, 0.29) is 41.3 Å². The second kappa shape index (κ2) is 12.0. The largest absolute Gasteiger partial charge is 0.463 e. The van der Waals surface area contributed by atoms with Gasteiger partial charge in [0.05, 0.1) is 40.1 Å². The second-order valence-electron chi connectivity index (χ2n) is 7.44. The molecule has 1 aromatic carbocycles. The Bertz CT molecular complexity index is 1010. The maximum Gasteiger partial charge on any atom is 0.308 e. The lowest BCUT2D eigenvalue weighted by molar-refractivity contribution is -0.385. The minimum Gasteiger partial charge on any atom is -0.463 e. The van der Waals surface area contributed by atoms with Gasteiger partial charge in [0.15, 0.2) is 5.82 Å². The van der Waals surface area contributed by atoms with Gasteiger partial charge in [-0.2, -0.15) is 0 Å². The number of benzene rings is 1. The number of nitro benzene ring substituents is 1. The van der Waals surface area contributed by atoms with Crippen molar-refractivity contribution in [3.8, 4) is 0 Å². The molecular formula is C21H26N4O7S. The molecule has 2 aromatic rings. The number of para-hydroxylation sites is 1. The third kappa shape index (κ3) is 8.22. The number of hydrogen-bond acceptors (Lipinski definition) is 9. The van der Waals surface area contributed by atoms with Crippen LogP contribution in [0.2, 0.25) is 0 Å². The Labute approximate surface area is 194 Å². The van der Waals surface area contributed by atoms with E-state index >= 15 is 0 Å². The fourth-order valence-corrected chi connectivity index (χ4v) is 3.53. The van der Waals surface area contributed by atoms with Crippen LogP contribution in [0, 0.1) is 17.0 Å². The summed E-state index contributed by atoms with van der Waals surface area (Å²) in [5, 5.41) is 19.8. The molecule has 33 heavy (non-hydrogen) atoms. The first-order valence-corrected chi connectivity index (χ1v) is 11.2. The highest BCUT2D eigenvalue weighted by molar-refractivity contribution is 8.01. The summed E-state index contributed by atoms with van der Waals surface area (Å²) in [5.74, 6) is -0.745. The van der Waals surface area contributed by atoms with Crippen molar-refractivity contribution in [2.45, 2.75) is 51.5 Å². The molecule has 0 aliphatic rings. The molecule has 0 radical (unpaired) electrons. The topological polar surface area (TPSA) is 154 Å². The number of aromatic nitrogens is 1. The molecule has 0 saturated carbocycles. The molecular weight excluding hydrogens is 452 g/mol. The molecule has 2 unspecified atom stereocenters. The maximum absolute atomic E-state index is 12.6. The third-order valence-electron chi connectivity index (χ3n) is 4.29. The summed E-state index contributed by atoms with van der Waals surface area (Å²) in [5.41, 5.74) is -0.0304. The van der Waals surface area contributed by atoms with Gasteiger partial charge in [-0.05, 0) is 27.7 Å².